The molecule has 0 radical (unpaired) electrons. The molecule has 1 aliphatic rings. The average Bonchev–Trinajstić information content (AvgIpc) is 2.90. The zero-order chi connectivity index (χ0) is 28.2. The molecule has 3 amide bonds. The molecule has 10 nitrogen and oxygen atoms in total. The fraction of sp³-hybridized carbons (Fsp3) is 0.345. The molecule has 2 aromatic heterocycles. The van der Waals surface area contributed by atoms with Gasteiger partial charge in [-0.2, -0.15) is 4.98 Å². The highest BCUT2D eigenvalue weighted by Crippen LogP contribution is 2.27. The van der Waals surface area contributed by atoms with E-state index in [4.69, 9.17) is 0 Å². The number of nitrogens with zero attached hydrogens (tertiary/aromatic N) is 5. The fourth-order valence-corrected chi connectivity index (χ4v) is 4.22. The maximum absolute atomic E-state index is 12.8. The van der Waals surface area contributed by atoms with Gasteiger partial charge in [-0.05, 0) is 41.8 Å². The van der Waals surface area contributed by atoms with E-state index in [-0.39, 0.29) is 17.4 Å². The van der Waals surface area contributed by atoms with Crippen LogP contribution in [0.25, 0.3) is 0 Å². The molecule has 3 N–H and O–H groups in total. The molecule has 0 fully saturated rings. The Morgan fingerprint density at radius 1 is 1.08 bits per heavy atom. The summed E-state index contributed by atoms with van der Waals surface area (Å²) in [5.74, 6) is 0.415. The Morgan fingerprint density at radius 3 is 2.56 bits per heavy atom. The maximum Gasteiger partial charge on any atom is 0.319 e. The van der Waals surface area contributed by atoms with Crippen LogP contribution in [0.2, 0.25) is 0 Å². The summed E-state index contributed by atoms with van der Waals surface area (Å²) in [5, 5.41) is 9.34. The average molecular weight is 529 g/mol. The van der Waals surface area contributed by atoms with Crippen molar-refractivity contribution in [3.8, 4) is 0 Å². The third-order valence-electron chi connectivity index (χ3n) is 6.36. The van der Waals surface area contributed by atoms with Crippen LogP contribution in [-0.2, 0) is 18.4 Å². The quantitative estimate of drug-likeness (QED) is 0.384. The van der Waals surface area contributed by atoms with Crippen LogP contribution in [0.3, 0.4) is 0 Å². The van der Waals surface area contributed by atoms with E-state index >= 15 is 0 Å². The highest BCUT2D eigenvalue weighted by molar-refractivity contribution is 5.99. The third kappa shape index (κ3) is 6.70. The molecule has 3 aromatic rings. The summed E-state index contributed by atoms with van der Waals surface area (Å²) in [7, 11) is 3.53. The molecule has 1 aromatic carbocycles. The van der Waals surface area contributed by atoms with E-state index in [9.17, 15) is 9.59 Å². The van der Waals surface area contributed by atoms with E-state index in [0.717, 1.165) is 29.1 Å². The van der Waals surface area contributed by atoms with Crippen molar-refractivity contribution in [1.82, 2.24) is 30.1 Å². The van der Waals surface area contributed by atoms with Gasteiger partial charge >= 0.3 is 6.03 Å². The van der Waals surface area contributed by atoms with Crippen molar-refractivity contribution >= 4 is 35.1 Å². The topological polar surface area (TPSA) is 115 Å². The van der Waals surface area contributed by atoms with Gasteiger partial charge in [0.15, 0.2) is 0 Å². The van der Waals surface area contributed by atoms with E-state index < -0.39 is 0 Å². The van der Waals surface area contributed by atoms with Crippen LogP contribution in [0.15, 0.2) is 55.4 Å². The van der Waals surface area contributed by atoms with Crippen molar-refractivity contribution in [3.05, 3.63) is 77.8 Å². The van der Waals surface area contributed by atoms with Crippen molar-refractivity contribution in [1.29, 1.82) is 0 Å². The van der Waals surface area contributed by atoms with Crippen LogP contribution >= 0.6 is 0 Å². The first-order valence-corrected chi connectivity index (χ1v) is 12.9. The third-order valence-corrected chi connectivity index (χ3v) is 6.36. The second-order valence-electron chi connectivity index (χ2n) is 10.7. The summed E-state index contributed by atoms with van der Waals surface area (Å²) in [6.45, 7) is 11.5. The SMILES string of the molecule is C=CCNC(=O)c1cnc(Nc2ccc3c(c2)CCN(C(=O)N(C)C)C3)nc1Nc1ccnc(C(C)(C)C)c1. The Morgan fingerprint density at radius 2 is 1.85 bits per heavy atom. The lowest BCUT2D eigenvalue weighted by Gasteiger charge is -2.31. The molecule has 0 atom stereocenters. The highest BCUT2D eigenvalue weighted by atomic mass is 16.2. The predicted octanol–water partition coefficient (Wildman–Crippen LogP) is 4.61. The number of hydrogen-bond donors (Lipinski definition) is 3. The van der Waals surface area contributed by atoms with Crippen LogP contribution in [0.5, 0.6) is 0 Å². The molecule has 4 rings (SSSR count). The summed E-state index contributed by atoms with van der Waals surface area (Å²) >= 11 is 0. The summed E-state index contributed by atoms with van der Waals surface area (Å²) in [6, 6.07) is 9.83. The number of anilines is 4. The second-order valence-corrected chi connectivity index (χ2v) is 10.7. The lowest BCUT2D eigenvalue weighted by atomic mass is 9.91. The molecular formula is C29H36N8O2. The summed E-state index contributed by atoms with van der Waals surface area (Å²) < 4.78 is 0. The van der Waals surface area contributed by atoms with E-state index in [1.165, 1.54) is 11.8 Å². The molecule has 0 bridgehead atoms. The number of pyridine rings is 1. The van der Waals surface area contributed by atoms with Gasteiger partial charge in [0.1, 0.15) is 11.4 Å². The van der Waals surface area contributed by atoms with Crippen molar-refractivity contribution in [2.45, 2.75) is 39.2 Å². The lowest BCUT2D eigenvalue weighted by Crippen LogP contribution is -2.42. The predicted molar refractivity (Wildman–Crippen MR) is 154 cm³/mol. The Balaban J connectivity index is 1.59. The molecular weight excluding hydrogens is 492 g/mol. The van der Waals surface area contributed by atoms with E-state index in [1.807, 2.05) is 29.2 Å². The van der Waals surface area contributed by atoms with Gasteiger partial charge in [0.2, 0.25) is 5.95 Å². The van der Waals surface area contributed by atoms with Gasteiger partial charge in [-0.15, -0.1) is 6.58 Å². The first kappa shape index (κ1) is 27.6. The number of nitrogens with one attached hydrogen (secondary N) is 3. The van der Waals surface area contributed by atoms with Crippen LogP contribution in [0.4, 0.5) is 27.9 Å². The Bertz CT molecular complexity index is 1380. The van der Waals surface area contributed by atoms with Gasteiger partial charge in [-0.1, -0.05) is 32.9 Å². The molecule has 0 aliphatic carbocycles. The number of urea groups is 1. The molecule has 3 heterocycles. The van der Waals surface area contributed by atoms with Gasteiger partial charge in [-0.25, -0.2) is 9.78 Å². The van der Waals surface area contributed by atoms with E-state index in [0.29, 0.717) is 37.0 Å². The first-order valence-electron chi connectivity index (χ1n) is 12.9. The van der Waals surface area contributed by atoms with Crippen molar-refractivity contribution in [3.63, 3.8) is 0 Å². The fourth-order valence-electron chi connectivity index (χ4n) is 4.22. The summed E-state index contributed by atoms with van der Waals surface area (Å²) in [4.78, 5) is 42.2. The number of carbonyl (C=O) groups excluding carboxylic acids is 2. The monoisotopic (exact) mass is 528 g/mol. The Hall–Kier alpha value is -4.47. The van der Waals surface area contributed by atoms with E-state index in [1.54, 1.807) is 31.3 Å². The molecule has 204 valence electrons. The van der Waals surface area contributed by atoms with Gasteiger partial charge in [0.25, 0.3) is 5.91 Å². The van der Waals surface area contributed by atoms with Crippen LogP contribution in [0, 0.1) is 0 Å². The van der Waals surface area contributed by atoms with Crippen LogP contribution < -0.4 is 16.0 Å². The van der Waals surface area contributed by atoms with Crippen molar-refractivity contribution < 1.29 is 9.59 Å². The standard InChI is InChI=1S/C29H36N8O2/c1-7-12-31-26(38)23-17-32-27(35-25(23)33-22-10-13-30-24(16-22)29(2,3)4)34-21-9-8-20-18-37(28(39)36(5)6)14-11-19(20)15-21/h7-10,13,15-17H,1,11-12,14,18H2,2-6H3,(H,31,38)(H2,30,32,33,34,35). The molecule has 10 heteroatoms. The van der Waals surface area contributed by atoms with Gasteiger partial charge in [0, 0.05) is 68.6 Å². The Kier molecular flexibility index (Phi) is 8.13. The Labute approximate surface area is 229 Å². The minimum Gasteiger partial charge on any atom is -0.348 e. The molecule has 0 saturated carbocycles. The zero-order valence-corrected chi connectivity index (χ0v) is 23.2. The molecule has 0 spiro atoms. The van der Waals surface area contributed by atoms with Crippen LogP contribution in [-0.4, -0.2) is 63.9 Å². The number of carbonyl (C=O) groups is 2. The minimum atomic E-state index is -0.306. The van der Waals surface area contributed by atoms with Crippen LogP contribution in [0.1, 0.15) is 48.0 Å². The molecule has 0 unspecified atom stereocenters. The van der Waals surface area contributed by atoms with Crippen molar-refractivity contribution in [2.24, 2.45) is 0 Å². The largest absolute Gasteiger partial charge is 0.348 e. The first-order chi connectivity index (χ1) is 18.5. The molecule has 39 heavy (non-hydrogen) atoms. The molecule has 0 saturated heterocycles. The normalized spacial score (nSPS) is 12.8. The maximum atomic E-state index is 12.8. The van der Waals surface area contributed by atoms with Crippen molar-refractivity contribution in [2.75, 3.05) is 37.8 Å². The summed E-state index contributed by atoms with van der Waals surface area (Å²) in [6.07, 6.45) is 5.62. The van der Waals surface area contributed by atoms with Gasteiger partial charge < -0.3 is 25.8 Å². The summed E-state index contributed by atoms with van der Waals surface area (Å²) in [5.41, 5.74) is 4.98. The van der Waals surface area contributed by atoms with E-state index in [2.05, 4.69) is 64.3 Å². The lowest BCUT2D eigenvalue weighted by molar-refractivity contribution is 0.0958. The zero-order valence-electron chi connectivity index (χ0n) is 23.2. The van der Waals surface area contributed by atoms with Gasteiger partial charge in [-0.3, -0.25) is 9.78 Å². The number of benzene rings is 1. The van der Waals surface area contributed by atoms with Gasteiger partial charge in [0.05, 0.1) is 0 Å². The smallest absolute Gasteiger partial charge is 0.319 e. The number of aromatic nitrogens is 3. The number of amides is 3. The number of hydrogen-bond acceptors (Lipinski definition) is 7. The minimum absolute atomic E-state index is 0.0114. The number of rotatable bonds is 7. The highest BCUT2D eigenvalue weighted by Gasteiger charge is 2.22. The second kappa shape index (κ2) is 11.5. The number of fused-ring (bicyclic) bond motifs is 1. The molecule has 1 aliphatic heterocycles.